The molecular weight excluding hydrogens is 508 g/mol. The van der Waals surface area contributed by atoms with Gasteiger partial charge in [-0.15, -0.1) is 5.10 Å². The quantitative estimate of drug-likeness (QED) is 0.274. The molecule has 3 heterocycles. The van der Waals surface area contributed by atoms with Crippen molar-refractivity contribution in [2.24, 2.45) is 5.16 Å². The summed E-state index contributed by atoms with van der Waals surface area (Å²) in [6.07, 6.45) is 7.36. The molecule has 0 spiro atoms. The number of aromatic amines is 1. The van der Waals surface area contributed by atoms with Crippen LogP contribution in [0.4, 0.5) is 0 Å². The zero-order chi connectivity index (χ0) is 26.9. The highest BCUT2D eigenvalue weighted by molar-refractivity contribution is 7.89. The molecule has 12 heteroatoms. The lowest BCUT2D eigenvalue weighted by Crippen LogP contribution is -2.38. The third-order valence-corrected chi connectivity index (χ3v) is 9.40. The fourth-order valence-corrected chi connectivity index (χ4v) is 6.95. The molecule has 1 saturated heterocycles. The van der Waals surface area contributed by atoms with E-state index in [1.807, 2.05) is 13.8 Å². The number of nitrogens with one attached hydrogen (secondary N) is 1. The van der Waals surface area contributed by atoms with Gasteiger partial charge in [0.15, 0.2) is 11.3 Å². The van der Waals surface area contributed by atoms with Crippen LogP contribution in [0.1, 0.15) is 75.7 Å². The van der Waals surface area contributed by atoms with Crippen LogP contribution in [-0.4, -0.2) is 62.9 Å². The first-order valence-corrected chi connectivity index (χ1v) is 14.7. The highest BCUT2D eigenvalue weighted by Gasteiger charge is 2.30. The Labute approximate surface area is 221 Å². The van der Waals surface area contributed by atoms with E-state index in [1.165, 1.54) is 29.3 Å². The zero-order valence-corrected chi connectivity index (χ0v) is 22.6. The minimum absolute atomic E-state index is 0.0777. The second-order valence-electron chi connectivity index (χ2n) is 9.97. The van der Waals surface area contributed by atoms with Crippen LogP contribution in [0.2, 0.25) is 0 Å². The van der Waals surface area contributed by atoms with Crippen molar-refractivity contribution in [2.75, 3.05) is 19.7 Å². The smallest absolute Gasteiger partial charge is 0.277 e. The fraction of sp³-hybridized carbons (Fsp3) is 0.538. The van der Waals surface area contributed by atoms with E-state index in [4.69, 9.17) is 20.0 Å². The van der Waals surface area contributed by atoms with Crippen LogP contribution in [0, 0.1) is 6.92 Å². The summed E-state index contributed by atoms with van der Waals surface area (Å²) in [5.41, 5.74) is 1.67. The minimum atomic E-state index is -3.83. The van der Waals surface area contributed by atoms with Gasteiger partial charge in [-0.05, 0) is 44.9 Å². The van der Waals surface area contributed by atoms with Gasteiger partial charge >= 0.3 is 0 Å². The highest BCUT2D eigenvalue weighted by Crippen LogP contribution is 2.34. The SMILES string of the molecule is CCOc1ccc(S(=O)(=O)N2CCC(=NO)CC2)cc1-c1nn2c(C3CCCCCC3)nc(C)c2c(=O)[nH]1. The molecule has 38 heavy (non-hydrogen) atoms. The molecule has 0 amide bonds. The molecule has 0 atom stereocenters. The number of imidazole rings is 1. The highest BCUT2D eigenvalue weighted by atomic mass is 32.2. The lowest BCUT2D eigenvalue weighted by Gasteiger charge is -2.26. The van der Waals surface area contributed by atoms with Gasteiger partial charge in [-0.3, -0.25) is 4.79 Å². The number of sulfonamides is 1. The summed E-state index contributed by atoms with van der Waals surface area (Å²) in [5, 5.41) is 17.1. The summed E-state index contributed by atoms with van der Waals surface area (Å²) in [7, 11) is -3.83. The predicted molar refractivity (Wildman–Crippen MR) is 143 cm³/mol. The second kappa shape index (κ2) is 10.9. The number of rotatable bonds is 6. The molecule has 1 aliphatic heterocycles. The number of aryl methyl sites for hydroxylation is 1. The van der Waals surface area contributed by atoms with E-state index in [1.54, 1.807) is 10.6 Å². The van der Waals surface area contributed by atoms with Crippen LogP contribution in [0.25, 0.3) is 16.9 Å². The predicted octanol–water partition coefficient (Wildman–Crippen LogP) is 3.84. The van der Waals surface area contributed by atoms with Crippen LogP contribution in [-0.2, 0) is 10.0 Å². The zero-order valence-electron chi connectivity index (χ0n) is 21.8. The van der Waals surface area contributed by atoms with E-state index in [9.17, 15) is 13.2 Å². The van der Waals surface area contributed by atoms with E-state index in [-0.39, 0.29) is 35.3 Å². The molecule has 0 bridgehead atoms. The van der Waals surface area contributed by atoms with Gasteiger partial charge in [0.2, 0.25) is 10.0 Å². The largest absolute Gasteiger partial charge is 0.493 e. The van der Waals surface area contributed by atoms with Crippen molar-refractivity contribution in [3.8, 4) is 17.1 Å². The molecule has 2 aliphatic rings. The number of nitrogens with zero attached hydrogens (tertiary/aromatic N) is 5. The number of benzene rings is 1. The Hall–Kier alpha value is -3.25. The van der Waals surface area contributed by atoms with E-state index < -0.39 is 10.0 Å². The number of fused-ring (bicyclic) bond motifs is 1. The Bertz CT molecular complexity index is 1510. The average molecular weight is 543 g/mol. The average Bonchev–Trinajstić information content (AvgIpc) is 3.07. The number of aromatic nitrogens is 4. The molecular formula is C26H34N6O5S. The Morgan fingerprint density at radius 1 is 1.16 bits per heavy atom. The molecule has 2 fully saturated rings. The molecule has 204 valence electrons. The molecule has 0 radical (unpaired) electrons. The number of hydrogen-bond acceptors (Lipinski definition) is 8. The maximum absolute atomic E-state index is 13.5. The Kier molecular flexibility index (Phi) is 7.53. The van der Waals surface area contributed by atoms with Gasteiger partial charge in [0, 0.05) is 31.8 Å². The van der Waals surface area contributed by atoms with Crippen LogP contribution in [0.5, 0.6) is 5.75 Å². The first kappa shape index (κ1) is 26.4. The van der Waals surface area contributed by atoms with Crippen LogP contribution >= 0.6 is 0 Å². The molecule has 2 aromatic heterocycles. The topological polar surface area (TPSA) is 142 Å². The number of ether oxygens (including phenoxy) is 1. The third-order valence-electron chi connectivity index (χ3n) is 7.51. The summed E-state index contributed by atoms with van der Waals surface area (Å²) >= 11 is 0. The molecule has 1 saturated carbocycles. The third kappa shape index (κ3) is 4.94. The standard InChI is InChI=1S/C26H34N6O5S/c1-3-37-22-11-10-20(38(35,36)31-14-12-19(30-34)13-15-31)16-21(22)24-28-26(33)23-17(2)27-25(32(23)29-24)18-8-6-4-5-7-9-18/h10-11,16,18,34H,3-9,12-15H2,1-2H3,(H,28,29,33). The summed E-state index contributed by atoms with van der Waals surface area (Å²) in [5.74, 6) is 1.65. The molecule has 5 rings (SSSR count). The van der Waals surface area contributed by atoms with Gasteiger partial charge in [0.1, 0.15) is 11.6 Å². The van der Waals surface area contributed by atoms with Crippen molar-refractivity contribution in [3.05, 3.63) is 40.1 Å². The van der Waals surface area contributed by atoms with Crippen LogP contribution < -0.4 is 10.3 Å². The van der Waals surface area contributed by atoms with E-state index >= 15 is 0 Å². The van der Waals surface area contributed by atoms with Crippen LogP contribution in [0.3, 0.4) is 0 Å². The number of oxime groups is 1. The minimum Gasteiger partial charge on any atom is -0.493 e. The molecule has 1 aromatic carbocycles. The Balaban J connectivity index is 1.60. The van der Waals surface area contributed by atoms with E-state index in [0.717, 1.165) is 31.5 Å². The van der Waals surface area contributed by atoms with Gasteiger partial charge in [-0.1, -0.05) is 30.8 Å². The Morgan fingerprint density at radius 2 is 1.87 bits per heavy atom. The van der Waals surface area contributed by atoms with E-state index in [0.29, 0.717) is 47.7 Å². The van der Waals surface area contributed by atoms with Gasteiger partial charge in [-0.2, -0.15) is 4.31 Å². The lowest BCUT2D eigenvalue weighted by atomic mass is 10.00. The Morgan fingerprint density at radius 3 is 2.53 bits per heavy atom. The first-order chi connectivity index (χ1) is 18.3. The summed E-state index contributed by atoms with van der Waals surface area (Å²) in [6, 6.07) is 4.62. The van der Waals surface area contributed by atoms with Crippen LogP contribution in [0.15, 0.2) is 33.0 Å². The maximum atomic E-state index is 13.5. The second-order valence-corrected chi connectivity index (χ2v) is 11.9. The van der Waals surface area contributed by atoms with Crippen molar-refractivity contribution in [1.29, 1.82) is 0 Å². The summed E-state index contributed by atoms with van der Waals surface area (Å²) in [4.78, 5) is 20.9. The normalized spacial score (nSPS) is 18.0. The van der Waals surface area contributed by atoms with E-state index in [2.05, 4.69) is 10.1 Å². The maximum Gasteiger partial charge on any atom is 0.277 e. The molecule has 3 aromatic rings. The van der Waals surface area contributed by atoms with Crippen molar-refractivity contribution in [2.45, 2.75) is 76.0 Å². The lowest BCUT2D eigenvalue weighted by molar-refractivity contribution is 0.309. The monoisotopic (exact) mass is 542 g/mol. The fourth-order valence-electron chi connectivity index (χ4n) is 5.49. The summed E-state index contributed by atoms with van der Waals surface area (Å²) < 4.78 is 35.8. The first-order valence-electron chi connectivity index (χ1n) is 13.3. The van der Waals surface area contributed by atoms with Gasteiger partial charge in [-0.25, -0.2) is 17.9 Å². The van der Waals surface area contributed by atoms with Gasteiger partial charge < -0.3 is 14.9 Å². The van der Waals surface area contributed by atoms with Gasteiger partial charge in [0.25, 0.3) is 5.56 Å². The molecule has 11 nitrogen and oxygen atoms in total. The number of H-pyrrole nitrogens is 1. The van der Waals surface area contributed by atoms with Crippen molar-refractivity contribution in [3.63, 3.8) is 0 Å². The summed E-state index contributed by atoms with van der Waals surface area (Å²) in [6.45, 7) is 4.47. The number of hydrogen-bond donors (Lipinski definition) is 2. The van der Waals surface area contributed by atoms with Crippen molar-refractivity contribution < 1.29 is 18.4 Å². The van der Waals surface area contributed by atoms with Crippen molar-refractivity contribution >= 4 is 21.3 Å². The molecule has 0 unspecified atom stereocenters. The van der Waals surface area contributed by atoms with Gasteiger partial charge in [0.05, 0.1) is 28.5 Å². The molecule has 1 aliphatic carbocycles. The van der Waals surface area contributed by atoms with Crippen molar-refractivity contribution in [1.82, 2.24) is 23.9 Å². The molecule has 2 N–H and O–H groups in total. The number of piperidine rings is 1.